The number of nitrogens with one attached hydrogen (secondary N) is 2. The maximum Gasteiger partial charge on any atom is 0.234 e. The molecule has 2 aliphatic rings. The standard InChI is InChI=1S/C20H29N3O2/c1-14-5-4-6-15(11-14)12-21-17(24)13-23-9-7-16(8-10-23)18-20(2,3)19(25)22-18/h4-6,11,16,18H,7-10,12-13H2,1-3H3,(H,21,24)(H,22,25). The lowest BCUT2D eigenvalue weighted by atomic mass is 9.68. The average molecular weight is 343 g/mol. The maximum absolute atomic E-state index is 12.2. The number of amides is 2. The molecule has 5 heteroatoms. The smallest absolute Gasteiger partial charge is 0.234 e. The largest absolute Gasteiger partial charge is 0.351 e. The number of carbonyl (C=O) groups is 2. The summed E-state index contributed by atoms with van der Waals surface area (Å²) in [6.07, 6.45) is 2.08. The number of β-lactam (4-membered cyclic amide) rings is 1. The van der Waals surface area contributed by atoms with E-state index in [1.807, 2.05) is 26.0 Å². The van der Waals surface area contributed by atoms with Crippen LogP contribution in [-0.2, 0) is 16.1 Å². The summed E-state index contributed by atoms with van der Waals surface area (Å²) in [4.78, 5) is 26.1. The van der Waals surface area contributed by atoms with Crippen LogP contribution >= 0.6 is 0 Å². The molecule has 2 amide bonds. The molecule has 2 heterocycles. The second kappa shape index (κ2) is 7.16. The van der Waals surface area contributed by atoms with E-state index in [1.54, 1.807) is 0 Å². The molecule has 1 atom stereocenters. The minimum absolute atomic E-state index is 0.0808. The van der Waals surface area contributed by atoms with Crippen molar-refractivity contribution in [2.24, 2.45) is 11.3 Å². The Morgan fingerprint density at radius 3 is 2.64 bits per heavy atom. The quantitative estimate of drug-likeness (QED) is 0.802. The Labute approximate surface area is 150 Å². The van der Waals surface area contributed by atoms with E-state index in [0.29, 0.717) is 19.0 Å². The normalized spacial score (nSPS) is 23.6. The molecule has 0 bridgehead atoms. The highest BCUT2D eigenvalue weighted by atomic mass is 16.2. The number of nitrogens with zero attached hydrogens (tertiary/aromatic N) is 1. The van der Waals surface area contributed by atoms with E-state index in [0.717, 1.165) is 31.5 Å². The molecule has 1 unspecified atom stereocenters. The first-order chi connectivity index (χ1) is 11.9. The maximum atomic E-state index is 12.2. The summed E-state index contributed by atoms with van der Waals surface area (Å²) in [6, 6.07) is 8.49. The molecule has 25 heavy (non-hydrogen) atoms. The first-order valence-electron chi connectivity index (χ1n) is 9.22. The fourth-order valence-corrected chi connectivity index (χ4v) is 4.00. The minimum Gasteiger partial charge on any atom is -0.351 e. The van der Waals surface area contributed by atoms with E-state index in [1.165, 1.54) is 5.56 Å². The summed E-state index contributed by atoms with van der Waals surface area (Å²) in [6.45, 7) is 9.00. The van der Waals surface area contributed by atoms with Gasteiger partial charge in [0.15, 0.2) is 0 Å². The summed E-state index contributed by atoms with van der Waals surface area (Å²) in [5, 5.41) is 6.08. The third-order valence-corrected chi connectivity index (χ3v) is 5.69. The molecule has 0 radical (unpaired) electrons. The van der Waals surface area contributed by atoms with Gasteiger partial charge in [0.1, 0.15) is 0 Å². The number of carbonyl (C=O) groups excluding carboxylic acids is 2. The molecule has 2 aliphatic heterocycles. The number of benzene rings is 1. The first kappa shape index (κ1) is 17.9. The van der Waals surface area contributed by atoms with Gasteiger partial charge in [-0.1, -0.05) is 29.8 Å². The number of aryl methyl sites for hydroxylation is 1. The second-order valence-electron chi connectivity index (χ2n) is 8.05. The Morgan fingerprint density at radius 2 is 2.04 bits per heavy atom. The lowest BCUT2D eigenvalue weighted by molar-refractivity contribution is -0.146. The van der Waals surface area contributed by atoms with Gasteiger partial charge in [-0.2, -0.15) is 0 Å². The van der Waals surface area contributed by atoms with Crippen molar-refractivity contribution in [3.63, 3.8) is 0 Å². The molecular formula is C20H29N3O2. The van der Waals surface area contributed by atoms with Crippen molar-refractivity contribution in [2.45, 2.75) is 46.2 Å². The molecule has 0 aromatic heterocycles. The van der Waals surface area contributed by atoms with Gasteiger partial charge in [0, 0.05) is 12.6 Å². The van der Waals surface area contributed by atoms with Crippen LogP contribution < -0.4 is 10.6 Å². The Hall–Kier alpha value is -1.88. The molecule has 2 N–H and O–H groups in total. The zero-order valence-electron chi connectivity index (χ0n) is 15.5. The third-order valence-electron chi connectivity index (χ3n) is 5.69. The highest BCUT2D eigenvalue weighted by molar-refractivity contribution is 5.89. The summed E-state index contributed by atoms with van der Waals surface area (Å²) in [5.41, 5.74) is 2.10. The topological polar surface area (TPSA) is 61.4 Å². The van der Waals surface area contributed by atoms with Gasteiger partial charge < -0.3 is 10.6 Å². The number of piperidine rings is 1. The Balaban J connectivity index is 1.40. The molecular weight excluding hydrogens is 314 g/mol. The average Bonchev–Trinajstić information content (AvgIpc) is 2.59. The van der Waals surface area contributed by atoms with Crippen LogP contribution in [-0.4, -0.2) is 42.4 Å². The zero-order chi connectivity index (χ0) is 18.0. The SMILES string of the molecule is Cc1cccc(CNC(=O)CN2CCC(C3NC(=O)C3(C)C)CC2)c1. The molecule has 2 saturated heterocycles. The summed E-state index contributed by atoms with van der Waals surface area (Å²) < 4.78 is 0. The van der Waals surface area contributed by atoms with Gasteiger partial charge in [-0.25, -0.2) is 0 Å². The molecule has 3 rings (SSSR count). The van der Waals surface area contributed by atoms with Gasteiger partial charge in [-0.3, -0.25) is 14.5 Å². The highest BCUT2D eigenvalue weighted by Crippen LogP contribution is 2.38. The summed E-state index contributed by atoms with van der Waals surface area (Å²) in [7, 11) is 0. The van der Waals surface area contributed by atoms with E-state index < -0.39 is 0 Å². The number of likely N-dealkylation sites (tertiary alicyclic amines) is 1. The van der Waals surface area contributed by atoms with Crippen LogP contribution in [0.5, 0.6) is 0 Å². The summed E-state index contributed by atoms with van der Waals surface area (Å²) >= 11 is 0. The van der Waals surface area contributed by atoms with Gasteiger partial charge in [0.25, 0.3) is 0 Å². The molecule has 5 nitrogen and oxygen atoms in total. The van der Waals surface area contributed by atoms with Gasteiger partial charge in [0.2, 0.25) is 11.8 Å². The lowest BCUT2D eigenvalue weighted by Gasteiger charge is -2.50. The Kier molecular flexibility index (Phi) is 5.13. The highest BCUT2D eigenvalue weighted by Gasteiger charge is 2.50. The van der Waals surface area contributed by atoms with E-state index in [2.05, 4.69) is 34.6 Å². The van der Waals surface area contributed by atoms with E-state index in [-0.39, 0.29) is 23.3 Å². The predicted molar refractivity (Wildman–Crippen MR) is 97.9 cm³/mol. The molecule has 1 aromatic rings. The fraction of sp³-hybridized carbons (Fsp3) is 0.600. The van der Waals surface area contributed by atoms with Crippen molar-refractivity contribution in [3.05, 3.63) is 35.4 Å². The fourth-order valence-electron chi connectivity index (χ4n) is 4.00. The minimum atomic E-state index is -0.238. The van der Waals surface area contributed by atoms with Crippen molar-refractivity contribution in [3.8, 4) is 0 Å². The lowest BCUT2D eigenvalue weighted by Crippen LogP contribution is -2.68. The monoisotopic (exact) mass is 343 g/mol. The van der Waals surface area contributed by atoms with Crippen LogP contribution in [0.15, 0.2) is 24.3 Å². The number of rotatable bonds is 5. The Morgan fingerprint density at radius 1 is 1.32 bits per heavy atom. The van der Waals surface area contributed by atoms with Crippen LogP contribution in [0, 0.1) is 18.3 Å². The van der Waals surface area contributed by atoms with E-state index >= 15 is 0 Å². The van der Waals surface area contributed by atoms with Gasteiger partial charge in [-0.05, 0) is 58.2 Å². The van der Waals surface area contributed by atoms with Crippen molar-refractivity contribution < 1.29 is 9.59 Å². The van der Waals surface area contributed by atoms with Crippen LogP contribution in [0.2, 0.25) is 0 Å². The first-order valence-corrected chi connectivity index (χ1v) is 9.22. The number of hydrogen-bond donors (Lipinski definition) is 2. The summed E-state index contributed by atoms with van der Waals surface area (Å²) in [5.74, 6) is 0.770. The van der Waals surface area contributed by atoms with Crippen LogP contribution in [0.1, 0.15) is 37.8 Å². The Bertz CT molecular complexity index is 648. The molecule has 1 aromatic carbocycles. The molecule has 0 saturated carbocycles. The van der Waals surface area contributed by atoms with Crippen molar-refractivity contribution in [2.75, 3.05) is 19.6 Å². The molecule has 136 valence electrons. The van der Waals surface area contributed by atoms with Crippen LogP contribution in [0.4, 0.5) is 0 Å². The molecule has 2 fully saturated rings. The predicted octanol–water partition coefficient (Wildman–Crippen LogP) is 1.85. The van der Waals surface area contributed by atoms with Crippen LogP contribution in [0.3, 0.4) is 0 Å². The number of hydrogen-bond acceptors (Lipinski definition) is 3. The van der Waals surface area contributed by atoms with Crippen molar-refractivity contribution in [1.82, 2.24) is 15.5 Å². The van der Waals surface area contributed by atoms with Gasteiger partial charge >= 0.3 is 0 Å². The van der Waals surface area contributed by atoms with Crippen molar-refractivity contribution >= 4 is 11.8 Å². The molecule has 0 aliphatic carbocycles. The van der Waals surface area contributed by atoms with Gasteiger partial charge in [0.05, 0.1) is 12.0 Å². The third kappa shape index (κ3) is 4.03. The van der Waals surface area contributed by atoms with Crippen LogP contribution in [0.25, 0.3) is 0 Å². The van der Waals surface area contributed by atoms with Gasteiger partial charge in [-0.15, -0.1) is 0 Å². The zero-order valence-corrected chi connectivity index (χ0v) is 15.5. The van der Waals surface area contributed by atoms with E-state index in [9.17, 15) is 9.59 Å². The van der Waals surface area contributed by atoms with Crippen molar-refractivity contribution in [1.29, 1.82) is 0 Å². The molecule has 0 spiro atoms. The second-order valence-corrected chi connectivity index (χ2v) is 8.05. The van der Waals surface area contributed by atoms with E-state index in [4.69, 9.17) is 0 Å².